The van der Waals surface area contributed by atoms with Gasteiger partial charge in [-0.2, -0.15) is 0 Å². The molecule has 1 heterocycles. The van der Waals surface area contributed by atoms with Gasteiger partial charge >= 0.3 is 0 Å². The summed E-state index contributed by atoms with van der Waals surface area (Å²) in [5.41, 5.74) is 0.970. The molecule has 0 spiro atoms. The lowest BCUT2D eigenvalue weighted by atomic mass is 10.1. The fraction of sp³-hybridized carbons (Fsp3) is 0.688. The maximum Gasteiger partial charge on any atom is 0.224 e. The number of aryl methyl sites for hydroxylation is 1. The molecule has 1 aromatic rings. The normalized spacial score (nSPS) is 29.9. The van der Waals surface area contributed by atoms with Crippen LogP contribution in [0.15, 0.2) is 12.3 Å². The van der Waals surface area contributed by atoms with Crippen molar-refractivity contribution >= 4 is 5.91 Å². The molecule has 0 radical (unpaired) electrons. The lowest BCUT2D eigenvalue weighted by molar-refractivity contribution is -0.123. The second-order valence-corrected chi connectivity index (χ2v) is 6.72. The van der Waals surface area contributed by atoms with E-state index in [-0.39, 0.29) is 17.9 Å². The van der Waals surface area contributed by atoms with Gasteiger partial charge in [0.25, 0.3) is 0 Å². The summed E-state index contributed by atoms with van der Waals surface area (Å²) < 4.78 is 0. The summed E-state index contributed by atoms with van der Waals surface area (Å²) in [5, 5.41) is 3.23. The topological polar surface area (TPSA) is 54.9 Å². The van der Waals surface area contributed by atoms with Crippen LogP contribution in [0, 0.1) is 30.6 Å². The molecule has 0 bridgehead atoms. The smallest absolute Gasteiger partial charge is 0.224 e. The Balaban J connectivity index is 1.45. The van der Waals surface area contributed by atoms with E-state index in [1.54, 1.807) is 6.20 Å². The number of hydrogen-bond acceptors (Lipinski definition) is 3. The van der Waals surface area contributed by atoms with Gasteiger partial charge in [0.15, 0.2) is 5.82 Å². The highest BCUT2D eigenvalue weighted by Crippen LogP contribution is 2.54. The van der Waals surface area contributed by atoms with Crippen molar-refractivity contribution in [1.82, 2.24) is 15.3 Å². The van der Waals surface area contributed by atoms with Crippen molar-refractivity contribution in [2.75, 3.05) is 0 Å². The fourth-order valence-corrected chi connectivity index (χ4v) is 3.26. The van der Waals surface area contributed by atoms with Crippen LogP contribution in [0.4, 0.5) is 0 Å². The van der Waals surface area contributed by atoms with Crippen LogP contribution in [0.1, 0.15) is 49.7 Å². The average Bonchev–Trinajstić information content (AvgIpc) is 3.27. The second-order valence-electron chi connectivity index (χ2n) is 6.72. The van der Waals surface area contributed by atoms with Gasteiger partial charge in [-0.15, -0.1) is 0 Å². The summed E-state index contributed by atoms with van der Waals surface area (Å²) in [7, 11) is 0. The van der Waals surface area contributed by atoms with Crippen LogP contribution in [0.25, 0.3) is 0 Å². The first-order chi connectivity index (χ1) is 9.72. The number of amides is 1. The molecule has 1 N–H and O–H groups in total. The number of rotatable bonds is 5. The third-order valence-electron chi connectivity index (χ3n) is 4.89. The van der Waals surface area contributed by atoms with Gasteiger partial charge in [-0.3, -0.25) is 4.79 Å². The van der Waals surface area contributed by atoms with Crippen molar-refractivity contribution in [3.8, 4) is 0 Å². The Morgan fingerprint density at radius 3 is 2.80 bits per heavy atom. The van der Waals surface area contributed by atoms with E-state index in [9.17, 15) is 4.79 Å². The number of carbonyl (C=O) groups excluding carboxylic acids is 1. The average molecular weight is 271 g/mol. The number of carbonyl (C=O) groups is 1. The van der Waals surface area contributed by atoms with Crippen molar-refractivity contribution in [2.24, 2.45) is 23.7 Å². The molecule has 4 heteroatoms. The molecule has 0 aliphatic heterocycles. The monoisotopic (exact) mass is 271 g/mol. The summed E-state index contributed by atoms with van der Waals surface area (Å²) in [6.45, 7) is 1.97. The zero-order chi connectivity index (χ0) is 13.7. The summed E-state index contributed by atoms with van der Waals surface area (Å²) in [6, 6.07) is 1.93. The van der Waals surface area contributed by atoms with E-state index < -0.39 is 0 Å². The SMILES string of the molecule is Cc1ccnc([C@H](NC(=O)[C@H]2C[C@H]2C2CC2)C2CC2)n1. The summed E-state index contributed by atoms with van der Waals surface area (Å²) in [4.78, 5) is 21.3. The van der Waals surface area contributed by atoms with Gasteiger partial charge in [-0.25, -0.2) is 9.97 Å². The highest BCUT2D eigenvalue weighted by atomic mass is 16.2. The molecule has 3 aliphatic rings. The van der Waals surface area contributed by atoms with E-state index in [0.29, 0.717) is 11.8 Å². The zero-order valence-corrected chi connectivity index (χ0v) is 11.9. The van der Waals surface area contributed by atoms with E-state index >= 15 is 0 Å². The van der Waals surface area contributed by atoms with Gasteiger partial charge < -0.3 is 5.32 Å². The molecular formula is C16H21N3O. The predicted octanol–water partition coefficient (Wildman–Crippen LogP) is 2.40. The molecule has 1 amide bonds. The molecule has 3 saturated carbocycles. The van der Waals surface area contributed by atoms with Crippen LogP contribution in [-0.2, 0) is 4.79 Å². The Bertz CT molecular complexity index is 536. The Morgan fingerprint density at radius 1 is 1.35 bits per heavy atom. The molecule has 3 fully saturated rings. The molecule has 0 saturated heterocycles. The maximum atomic E-state index is 12.4. The molecule has 0 unspecified atom stereocenters. The summed E-state index contributed by atoms with van der Waals surface area (Å²) >= 11 is 0. The quantitative estimate of drug-likeness (QED) is 0.894. The van der Waals surface area contributed by atoms with E-state index in [4.69, 9.17) is 0 Å². The van der Waals surface area contributed by atoms with E-state index in [0.717, 1.165) is 23.9 Å². The van der Waals surface area contributed by atoms with E-state index in [1.807, 2.05) is 13.0 Å². The summed E-state index contributed by atoms with van der Waals surface area (Å²) in [5.74, 6) is 3.37. The van der Waals surface area contributed by atoms with Crippen molar-refractivity contribution in [1.29, 1.82) is 0 Å². The number of nitrogens with zero attached hydrogens (tertiary/aromatic N) is 2. The van der Waals surface area contributed by atoms with E-state index in [2.05, 4.69) is 15.3 Å². The molecule has 3 aliphatic carbocycles. The molecule has 0 aromatic carbocycles. The molecule has 106 valence electrons. The van der Waals surface area contributed by atoms with Gasteiger partial charge in [0, 0.05) is 17.8 Å². The van der Waals surface area contributed by atoms with Crippen molar-refractivity contribution in [2.45, 2.75) is 45.1 Å². The van der Waals surface area contributed by atoms with Crippen LogP contribution in [-0.4, -0.2) is 15.9 Å². The van der Waals surface area contributed by atoms with Gasteiger partial charge in [0.1, 0.15) is 0 Å². The van der Waals surface area contributed by atoms with Gasteiger partial charge in [-0.05, 0) is 62.8 Å². The Labute approximate surface area is 119 Å². The highest BCUT2D eigenvalue weighted by Gasteiger charge is 2.52. The standard InChI is InChI=1S/C16H21N3O/c1-9-6-7-17-15(18-9)14(11-4-5-11)19-16(20)13-8-12(13)10-2-3-10/h6-7,10-14H,2-5,8H2,1H3,(H,19,20)/t12-,13-,14+/m0/s1. The molecule has 4 nitrogen and oxygen atoms in total. The van der Waals surface area contributed by atoms with Crippen LogP contribution in [0.5, 0.6) is 0 Å². The minimum Gasteiger partial charge on any atom is -0.346 e. The number of aromatic nitrogens is 2. The maximum absolute atomic E-state index is 12.4. The number of hydrogen-bond donors (Lipinski definition) is 1. The predicted molar refractivity (Wildman–Crippen MR) is 74.7 cm³/mol. The summed E-state index contributed by atoms with van der Waals surface area (Å²) in [6.07, 6.45) is 7.92. The van der Waals surface area contributed by atoms with Crippen LogP contribution < -0.4 is 5.32 Å². The lowest BCUT2D eigenvalue weighted by Gasteiger charge is -2.17. The van der Waals surface area contributed by atoms with Crippen LogP contribution in [0.2, 0.25) is 0 Å². The largest absolute Gasteiger partial charge is 0.346 e. The zero-order valence-electron chi connectivity index (χ0n) is 11.9. The first-order valence-corrected chi connectivity index (χ1v) is 7.82. The third-order valence-corrected chi connectivity index (χ3v) is 4.89. The van der Waals surface area contributed by atoms with E-state index in [1.165, 1.54) is 25.7 Å². The lowest BCUT2D eigenvalue weighted by Crippen LogP contribution is -2.32. The van der Waals surface area contributed by atoms with Crippen LogP contribution in [0.3, 0.4) is 0 Å². The Morgan fingerprint density at radius 2 is 2.15 bits per heavy atom. The first-order valence-electron chi connectivity index (χ1n) is 7.82. The molecule has 20 heavy (non-hydrogen) atoms. The third kappa shape index (κ3) is 2.43. The van der Waals surface area contributed by atoms with Gasteiger partial charge in [0.05, 0.1) is 6.04 Å². The van der Waals surface area contributed by atoms with Gasteiger partial charge in [0.2, 0.25) is 5.91 Å². The molecule has 4 rings (SSSR count). The highest BCUT2D eigenvalue weighted by molar-refractivity contribution is 5.82. The second kappa shape index (κ2) is 4.54. The number of nitrogens with one attached hydrogen (secondary N) is 1. The Hall–Kier alpha value is -1.45. The minimum absolute atomic E-state index is 0.0304. The Kier molecular flexibility index (Phi) is 2.79. The van der Waals surface area contributed by atoms with Crippen molar-refractivity contribution in [3.63, 3.8) is 0 Å². The first kappa shape index (κ1) is 12.3. The molecular weight excluding hydrogens is 250 g/mol. The molecule has 3 atom stereocenters. The van der Waals surface area contributed by atoms with Crippen molar-refractivity contribution < 1.29 is 4.79 Å². The van der Waals surface area contributed by atoms with Crippen molar-refractivity contribution in [3.05, 3.63) is 23.8 Å². The minimum atomic E-state index is 0.0304. The van der Waals surface area contributed by atoms with Gasteiger partial charge in [-0.1, -0.05) is 0 Å². The fourth-order valence-electron chi connectivity index (χ4n) is 3.26. The molecule has 1 aromatic heterocycles. The van der Waals surface area contributed by atoms with Crippen LogP contribution >= 0.6 is 0 Å².